The largest absolute Gasteiger partial charge is 0.330 e. The normalized spacial score (nSPS) is 20.7. The van der Waals surface area contributed by atoms with Gasteiger partial charge in [-0.3, -0.25) is 0 Å². The first kappa shape index (κ1) is 9.01. The van der Waals surface area contributed by atoms with Gasteiger partial charge in [0.1, 0.15) is 0 Å². The molecular formula is C9H20N2. The van der Waals surface area contributed by atoms with Crippen molar-refractivity contribution in [3.05, 3.63) is 0 Å². The fourth-order valence-electron chi connectivity index (χ4n) is 1.26. The Morgan fingerprint density at radius 2 is 2.09 bits per heavy atom. The fourth-order valence-corrected chi connectivity index (χ4v) is 1.26. The molecular weight excluding hydrogens is 136 g/mol. The van der Waals surface area contributed by atoms with Crippen LogP contribution in [-0.4, -0.2) is 19.6 Å². The van der Waals surface area contributed by atoms with Crippen molar-refractivity contribution in [2.24, 2.45) is 17.1 Å². The highest BCUT2D eigenvalue weighted by Crippen LogP contribution is 2.43. The minimum atomic E-state index is 0.495. The van der Waals surface area contributed by atoms with Gasteiger partial charge in [0.15, 0.2) is 0 Å². The Kier molecular flexibility index (Phi) is 2.90. The first-order valence-electron chi connectivity index (χ1n) is 4.59. The first-order valence-corrected chi connectivity index (χ1v) is 4.59. The lowest BCUT2D eigenvalue weighted by atomic mass is 10.1. The molecule has 1 aliphatic rings. The summed E-state index contributed by atoms with van der Waals surface area (Å²) in [7, 11) is 0. The molecule has 0 radical (unpaired) electrons. The summed E-state index contributed by atoms with van der Waals surface area (Å²) in [6, 6.07) is 0. The summed E-state index contributed by atoms with van der Waals surface area (Å²) in [5, 5.41) is 3.46. The van der Waals surface area contributed by atoms with Crippen LogP contribution in [0.3, 0.4) is 0 Å². The molecule has 0 heterocycles. The average molecular weight is 156 g/mol. The molecule has 0 aromatic rings. The van der Waals surface area contributed by atoms with Crippen molar-refractivity contribution in [3.63, 3.8) is 0 Å². The van der Waals surface area contributed by atoms with Crippen LogP contribution in [0.5, 0.6) is 0 Å². The molecule has 66 valence electrons. The summed E-state index contributed by atoms with van der Waals surface area (Å²) in [5.41, 5.74) is 6.14. The molecule has 0 spiro atoms. The summed E-state index contributed by atoms with van der Waals surface area (Å²) in [5.74, 6) is 0.753. The zero-order valence-corrected chi connectivity index (χ0v) is 7.69. The molecule has 11 heavy (non-hydrogen) atoms. The highest BCUT2D eigenvalue weighted by Gasteiger charge is 2.40. The molecule has 0 bridgehead atoms. The maximum absolute atomic E-state index is 5.65. The molecule has 2 nitrogen and oxygen atoms in total. The number of nitrogens with two attached hydrogens (primary N) is 1. The number of hydrogen-bond acceptors (Lipinski definition) is 2. The van der Waals surface area contributed by atoms with Gasteiger partial charge in [-0.25, -0.2) is 0 Å². The number of rotatable bonds is 5. The molecule has 0 amide bonds. The van der Waals surface area contributed by atoms with Gasteiger partial charge in [0.25, 0.3) is 0 Å². The fraction of sp³-hybridized carbons (Fsp3) is 1.00. The van der Waals surface area contributed by atoms with E-state index >= 15 is 0 Å². The van der Waals surface area contributed by atoms with Crippen molar-refractivity contribution in [2.45, 2.75) is 26.7 Å². The smallest absolute Gasteiger partial charge is 0.00200 e. The number of hydrogen-bond donors (Lipinski definition) is 2. The highest BCUT2D eigenvalue weighted by molar-refractivity contribution is 4.95. The Morgan fingerprint density at radius 1 is 1.45 bits per heavy atom. The summed E-state index contributed by atoms with van der Waals surface area (Å²) in [6.07, 6.45) is 2.66. The van der Waals surface area contributed by atoms with Gasteiger partial charge in [-0.2, -0.15) is 0 Å². The zero-order valence-electron chi connectivity index (χ0n) is 7.69. The van der Waals surface area contributed by atoms with E-state index < -0.39 is 0 Å². The zero-order chi connectivity index (χ0) is 8.32. The van der Waals surface area contributed by atoms with Crippen LogP contribution < -0.4 is 11.1 Å². The molecule has 2 heteroatoms. The lowest BCUT2D eigenvalue weighted by Crippen LogP contribution is -2.31. The van der Waals surface area contributed by atoms with Crippen molar-refractivity contribution in [2.75, 3.05) is 19.6 Å². The Hall–Kier alpha value is -0.0800. The summed E-state index contributed by atoms with van der Waals surface area (Å²) < 4.78 is 0. The van der Waals surface area contributed by atoms with Crippen LogP contribution in [0.2, 0.25) is 0 Å². The monoisotopic (exact) mass is 156 g/mol. The maximum atomic E-state index is 5.65. The van der Waals surface area contributed by atoms with Crippen molar-refractivity contribution in [3.8, 4) is 0 Å². The summed E-state index contributed by atoms with van der Waals surface area (Å²) in [6.45, 7) is 7.57. The molecule has 1 aliphatic carbocycles. The molecule has 0 aromatic heterocycles. The Balaban J connectivity index is 2.03. The van der Waals surface area contributed by atoms with E-state index in [4.69, 9.17) is 5.73 Å². The molecule has 0 saturated heterocycles. The molecule has 0 aliphatic heterocycles. The van der Waals surface area contributed by atoms with E-state index in [0.29, 0.717) is 5.41 Å². The molecule has 1 saturated carbocycles. The highest BCUT2D eigenvalue weighted by atomic mass is 14.9. The third kappa shape index (κ3) is 2.80. The third-order valence-electron chi connectivity index (χ3n) is 2.44. The van der Waals surface area contributed by atoms with Crippen LogP contribution >= 0.6 is 0 Å². The van der Waals surface area contributed by atoms with Gasteiger partial charge in [-0.05, 0) is 37.3 Å². The molecule has 3 N–H and O–H groups in total. The average Bonchev–Trinajstić information content (AvgIpc) is 2.69. The predicted octanol–water partition coefficient (Wildman–Crippen LogP) is 0.971. The van der Waals surface area contributed by atoms with Gasteiger partial charge < -0.3 is 11.1 Å². The first-order chi connectivity index (χ1) is 5.18. The van der Waals surface area contributed by atoms with E-state index in [-0.39, 0.29) is 0 Å². The van der Waals surface area contributed by atoms with Crippen LogP contribution in [0.1, 0.15) is 26.7 Å². The number of nitrogens with one attached hydrogen (secondary N) is 1. The van der Waals surface area contributed by atoms with E-state index in [1.54, 1.807) is 0 Å². The second-order valence-electron chi connectivity index (χ2n) is 4.23. The molecule has 1 fully saturated rings. The summed E-state index contributed by atoms with van der Waals surface area (Å²) >= 11 is 0. The van der Waals surface area contributed by atoms with E-state index in [9.17, 15) is 0 Å². The van der Waals surface area contributed by atoms with Crippen LogP contribution in [-0.2, 0) is 0 Å². The SMILES string of the molecule is CC(C)CNCC1(CN)CC1. The Labute approximate surface area is 69.5 Å². The third-order valence-corrected chi connectivity index (χ3v) is 2.44. The van der Waals surface area contributed by atoms with Crippen LogP contribution in [0.25, 0.3) is 0 Å². The topological polar surface area (TPSA) is 38.0 Å². The Bertz CT molecular complexity index is 117. The van der Waals surface area contributed by atoms with Crippen molar-refractivity contribution < 1.29 is 0 Å². The quantitative estimate of drug-likeness (QED) is 0.622. The van der Waals surface area contributed by atoms with Crippen molar-refractivity contribution in [1.82, 2.24) is 5.32 Å². The second-order valence-corrected chi connectivity index (χ2v) is 4.23. The maximum Gasteiger partial charge on any atom is 0.00200 e. The van der Waals surface area contributed by atoms with Crippen LogP contribution in [0.4, 0.5) is 0 Å². The van der Waals surface area contributed by atoms with Crippen molar-refractivity contribution >= 4 is 0 Å². The van der Waals surface area contributed by atoms with Gasteiger partial charge >= 0.3 is 0 Å². The summed E-state index contributed by atoms with van der Waals surface area (Å²) in [4.78, 5) is 0. The van der Waals surface area contributed by atoms with E-state index in [2.05, 4.69) is 19.2 Å². The van der Waals surface area contributed by atoms with Crippen LogP contribution in [0.15, 0.2) is 0 Å². The second kappa shape index (κ2) is 3.55. The lowest BCUT2D eigenvalue weighted by Gasteiger charge is -2.14. The minimum absolute atomic E-state index is 0.495. The minimum Gasteiger partial charge on any atom is -0.330 e. The van der Waals surface area contributed by atoms with Gasteiger partial charge in [-0.15, -0.1) is 0 Å². The standard InChI is InChI=1S/C9H20N2/c1-8(2)5-11-7-9(6-10)3-4-9/h8,11H,3-7,10H2,1-2H3. The molecule has 0 unspecified atom stereocenters. The van der Waals surface area contributed by atoms with Gasteiger partial charge in [0.05, 0.1) is 0 Å². The van der Waals surface area contributed by atoms with Crippen LogP contribution in [0, 0.1) is 11.3 Å². The van der Waals surface area contributed by atoms with E-state index in [1.807, 2.05) is 0 Å². The van der Waals surface area contributed by atoms with Gasteiger partial charge in [0, 0.05) is 6.54 Å². The Morgan fingerprint density at radius 3 is 2.45 bits per heavy atom. The lowest BCUT2D eigenvalue weighted by molar-refractivity contribution is 0.442. The van der Waals surface area contributed by atoms with Crippen molar-refractivity contribution in [1.29, 1.82) is 0 Å². The van der Waals surface area contributed by atoms with E-state index in [0.717, 1.165) is 25.6 Å². The molecule has 1 rings (SSSR count). The molecule has 0 aromatic carbocycles. The molecule has 0 atom stereocenters. The van der Waals surface area contributed by atoms with Gasteiger partial charge in [-0.1, -0.05) is 13.8 Å². The van der Waals surface area contributed by atoms with E-state index in [1.165, 1.54) is 12.8 Å². The predicted molar refractivity (Wildman–Crippen MR) is 48.4 cm³/mol. The van der Waals surface area contributed by atoms with Gasteiger partial charge in [0.2, 0.25) is 0 Å².